The number of nitrogens with zero attached hydrogens (tertiary/aromatic N) is 2. The SMILES string of the molecule is COc1ccc(-c2ccc(=O)n(CC(=O)NC34CC5CC(CC(C5)C3)C4)n2)cc1OC. The van der Waals surface area contributed by atoms with Crippen LogP contribution in [0.15, 0.2) is 35.1 Å². The van der Waals surface area contributed by atoms with Crippen molar-refractivity contribution in [1.29, 1.82) is 0 Å². The summed E-state index contributed by atoms with van der Waals surface area (Å²) in [5.74, 6) is 3.33. The Bertz CT molecular complexity index is 1030. The van der Waals surface area contributed by atoms with Crippen LogP contribution >= 0.6 is 0 Å². The van der Waals surface area contributed by atoms with Crippen LogP contribution < -0.4 is 20.3 Å². The Morgan fingerprint density at radius 2 is 1.68 bits per heavy atom. The lowest BCUT2D eigenvalue weighted by Crippen LogP contribution is -2.60. The van der Waals surface area contributed by atoms with Gasteiger partial charge in [-0.1, -0.05) is 0 Å². The van der Waals surface area contributed by atoms with E-state index in [0.29, 0.717) is 17.2 Å². The molecule has 7 heteroatoms. The molecule has 7 nitrogen and oxygen atoms in total. The van der Waals surface area contributed by atoms with Crippen molar-refractivity contribution in [2.45, 2.75) is 50.6 Å². The minimum absolute atomic E-state index is 0.0677. The van der Waals surface area contributed by atoms with Crippen LogP contribution in [0, 0.1) is 17.8 Å². The molecule has 1 N–H and O–H groups in total. The molecular weight excluding hydrogens is 394 g/mol. The molecule has 0 radical (unpaired) electrons. The number of hydrogen-bond donors (Lipinski definition) is 1. The van der Waals surface area contributed by atoms with Gasteiger partial charge >= 0.3 is 0 Å². The molecule has 4 fully saturated rings. The first kappa shape index (κ1) is 20.1. The van der Waals surface area contributed by atoms with Gasteiger partial charge in [0.05, 0.1) is 19.9 Å². The van der Waals surface area contributed by atoms with Crippen molar-refractivity contribution < 1.29 is 14.3 Å². The highest BCUT2D eigenvalue weighted by Gasteiger charge is 2.51. The van der Waals surface area contributed by atoms with Gasteiger partial charge in [-0.05, 0) is 80.5 Å². The number of aromatic nitrogens is 2. The number of nitrogens with one attached hydrogen (secondary N) is 1. The average Bonchev–Trinajstić information content (AvgIpc) is 2.73. The van der Waals surface area contributed by atoms with Crippen molar-refractivity contribution in [2.24, 2.45) is 17.8 Å². The van der Waals surface area contributed by atoms with Gasteiger partial charge in [0.15, 0.2) is 11.5 Å². The van der Waals surface area contributed by atoms with E-state index in [2.05, 4.69) is 10.4 Å². The van der Waals surface area contributed by atoms with E-state index in [9.17, 15) is 9.59 Å². The summed E-state index contributed by atoms with van der Waals surface area (Å²) >= 11 is 0. The lowest BCUT2D eigenvalue weighted by molar-refractivity contribution is -0.127. The van der Waals surface area contributed by atoms with Gasteiger partial charge in [0.1, 0.15) is 6.54 Å². The largest absolute Gasteiger partial charge is 0.493 e. The van der Waals surface area contributed by atoms with E-state index >= 15 is 0 Å². The van der Waals surface area contributed by atoms with Crippen molar-refractivity contribution in [2.75, 3.05) is 14.2 Å². The minimum Gasteiger partial charge on any atom is -0.493 e. The lowest BCUT2D eigenvalue weighted by atomic mass is 9.53. The number of carbonyl (C=O) groups excluding carboxylic acids is 1. The standard InChI is InChI=1S/C24H29N3O4/c1-30-20-5-3-18(10-21(20)31-2)19-4-6-23(29)27(26-19)14-22(28)25-24-11-15-7-16(12-24)9-17(8-15)13-24/h3-6,10,15-17H,7-9,11-14H2,1-2H3,(H,25,28). The highest BCUT2D eigenvalue weighted by molar-refractivity contribution is 5.76. The van der Waals surface area contributed by atoms with Crippen LogP contribution in [0.2, 0.25) is 0 Å². The molecule has 0 unspecified atom stereocenters. The van der Waals surface area contributed by atoms with Crippen molar-refractivity contribution in [3.8, 4) is 22.8 Å². The fraction of sp³-hybridized carbons (Fsp3) is 0.542. The smallest absolute Gasteiger partial charge is 0.267 e. The van der Waals surface area contributed by atoms with Crippen LogP contribution in [0.3, 0.4) is 0 Å². The molecule has 6 rings (SSSR count). The Balaban J connectivity index is 1.34. The number of methoxy groups -OCH3 is 2. The number of hydrogen-bond acceptors (Lipinski definition) is 5. The third-order valence-corrected chi connectivity index (χ3v) is 7.28. The Morgan fingerprint density at radius 3 is 2.29 bits per heavy atom. The van der Waals surface area contributed by atoms with Crippen molar-refractivity contribution in [1.82, 2.24) is 15.1 Å². The molecule has 0 atom stereocenters. The van der Waals surface area contributed by atoms with Gasteiger partial charge in [0, 0.05) is 17.2 Å². The second-order valence-corrected chi connectivity index (χ2v) is 9.53. The van der Waals surface area contributed by atoms with Gasteiger partial charge in [-0.2, -0.15) is 5.10 Å². The van der Waals surface area contributed by atoms with Gasteiger partial charge in [0.2, 0.25) is 5.91 Å². The molecule has 4 aliphatic carbocycles. The van der Waals surface area contributed by atoms with Crippen LogP contribution in [0.25, 0.3) is 11.3 Å². The summed E-state index contributed by atoms with van der Waals surface area (Å²) in [6.45, 7) is -0.0677. The summed E-state index contributed by atoms with van der Waals surface area (Å²) in [4.78, 5) is 25.3. The molecule has 164 valence electrons. The zero-order chi connectivity index (χ0) is 21.6. The molecular formula is C24H29N3O4. The van der Waals surface area contributed by atoms with E-state index in [0.717, 1.165) is 42.6 Å². The molecule has 0 spiro atoms. The van der Waals surface area contributed by atoms with Crippen molar-refractivity contribution >= 4 is 5.91 Å². The molecule has 1 aromatic heterocycles. The summed E-state index contributed by atoms with van der Waals surface area (Å²) in [5, 5.41) is 7.77. The predicted octanol–water partition coefficient (Wildman–Crippen LogP) is 3.01. The van der Waals surface area contributed by atoms with Crippen LogP contribution in [0.5, 0.6) is 11.5 Å². The maximum Gasteiger partial charge on any atom is 0.267 e. The monoisotopic (exact) mass is 423 g/mol. The molecule has 0 saturated heterocycles. The zero-order valence-electron chi connectivity index (χ0n) is 18.1. The van der Waals surface area contributed by atoms with Gasteiger partial charge in [-0.3, -0.25) is 9.59 Å². The summed E-state index contributed by atoms with van der Waals surface area (Å²) in [6.07, 6.45) is 7.22. The van der Waals surface area contributed by atoms with Gasteiger partial charge in [-0.25, -0.2) is 4.68 Å². The molecule has 1 amide bonds. The number of benzene rings is 1. The minimum atomic E-state index is -0.287. The summed E-state index contributed by atoms with van der Waals surface area (Å²) in [5.41, 5.74) is 1.03. The summed E-state index contributed by atoms with van der Waals surface area (Å²) < 4.78 is 11.9. The maximum absolute atomic E-state index is 12.9. The van der Waals surface area contributed by atoms with Crippen LogP contribution in [-0.2, 0) is 11.3 Å². The molecule has 1 aromatic carbocycles. The predicted molar refractivity (Wildman–Crippen MR) is 116 cm³/mol. The quantitative estimate of drug-likeness (QED) is 0.772. The molecule has 31 heavy (non-hydrogen) atoms. The van der Waals surface area contributed by atoms with E-state index in [1.54, 1.807) is 26.4 Å². The Hall–Kier alpha value is -2.83. The molecule has 1 heterocycles. The Morgan fingerprint density at radius 1 is 1.03 bits per heavy atom. The second kappa shape index (κ2) is 7.70. The summed E-state index contributed by atoms with van der Waals surface area (Å²) in [6, 6.07) is 8.58. The fourth-order valence-electron chi connectivity index (χ4n) is 6.45. The topological polar surface area (TPSA) is 82.5 Å². The Kier molecular flexibility index (Phi) is 4.99. The van der Waals surface area contributed by atoms with E-state index in [4.69, 9.17) is 9.47 Å². The highest BCUT2D eigenvalue weighted by Crippen LogP contribution is 2.55. The first-order valence-electron chi connectivity index (χ1n) is 11.1. The maximum atomic E-state index is 12.9. The molecule has 4 aliphatic rings. The van der Waals surface area contributed by atoms with Crippen LogP contribution in [0.1, 0.15) is 38.5 Å². The number of rotatable bonds is 6. The number of amides is 1. The molecule has 4 bridgehead atoms. The van der Waals surface area contributed by atoms with Gasteiger partial charge in [0.25, 0.3) is 5.56 Å². The normalized spacial score (nSPS) is 28.4. The zero-order valence-corrected chi connectivity index (χ0v) is 18.1. The summed E-state index contributed by atoms with van der Waals surface area (Å²) in [7, 11) is 3.16. The first-order chi connectivity index (χ1) is 15.0. The number of ether oxygens (including phenoxy) is 2. The van der Waals surface area contributed by atoms with Gasteiger partial charge in [-0.15, -0.1) is 0 Å². The third kappa shape index (κ3) is 3.82. The van der Waals surface area contributed by atoms with E-state index in [1.165, 1.54) is 30.0 Å². The molecule has 0 aliphatic heterocycles. The fourth-order valence-corrected chi connectivity index (χ4v) is 6.45. The van der Waals surface area contributed by atoms with Crippen LogP contribution in [-0.4, -0.2) is 35.4 Å². The molecule has 2 aromatic rings. The van der Waals surface area contributed by atoms with E-state index < -0.39 is 0 Å². The Labute approximate surface area is 181 Å². The van der Waals surface area contributed by atoms with Crippen LogP contribution in [0.4, 0.5) is 0 Å². The van der Waals surface area contributed by atoms with Crippen molar-refractivity contribution in [3.05, 3.63) is 40.7 Å². The second-order valence-electron chi connectivity index (χ2n) is 9.53. The molecule has 4 saturated carbocycles. The van der Waals surface area contributed by atoms with Crippen molar-refractivity contribution in [3.63, 3.8) is 0 Å². The lowest BCUT2D eigenvalue weighted by Gasteiger charge is -2.56. The highest BCUT2D eigenvalue weighted by atomic mass is 16.5. The first-order valence-corrected chi connectivity index (χ1v) is 11.1. The third-order valence-electron chi connectivity index (χ3n) is 7.28. The van der Waals surface area contributed by atoms with Gasteiger partial charge < -0.3 is 14.8 Å². The average molecular weight is 424 g/mol. The van der Waals surface area contributed by atoms with E-state index in [1.807, 2.05) is 12.1 Å². The van der Waals surface area contributed by atoms with E-state index in [-0.39, 0.29) is 23.6 Å². The number of carbonyl (C=O) groups is 1.